The third kappa shape index (κ3) is 5.32. The zero-order valence-electron chi connectivity index (χ0n) is 21.5. The summed E-state index contributed by atoms with van der Waals surface area (Å²) < 4.78 is 21.9. The zero-order chi connectivity index (χ0) is 25.8. The van der Waals surface area contributed by atoms with Crippen LogP contribution in [0.25, 0.3) is 0 Å². The summed E-state index contributed by atoms with van der Waals surface area (Å²) in [5, 5.41) is 0. The molecule has 1 aromatic heterocycles. The quantitative estimate of drug-likeness (QED) is 0.485. The summed E-state index contributed by atoms with van der Waals surface area (Å²) in [4.78, 5) is 27.6. The van der Waals surface area contributed by atoms with Gasteiger partial charge < -0.3 is 28.7 Å². The predicted molar refractivity (Wildman–Crippen MR) is 139 cm³/mol. The van der Waals surface area contributed by atoms with Crippen LogP contribution in [0.2, 0.25) is 0 Å². The summed E-state index contributed by atoms with van der Waals surface area (Å²) in [7, 11) is 4.83. The number of fused-ring (bicyclic) bond motifs is 1. The van der Waals surface area contributed by atoms with Crippen molar-refractivity contribution in [3.63, 3.8) is 0 Å². The first-order valence-electron chi connectivity index (χ1n) is 12.4. The van der Waals surface area contributed by atoms with E-state index < -0.39 is 0 Å². The lowest BCUT2D eigenvalue weighted by Crippen LogP contribution is -2.41. The van der Waals surface area contributed by atoms with Gasteiger partial charge in [0, 0.05) is 55.2 Å². The SMILES string of the molecule is COc1cc(OC)cc(C(=O)N2CCc3nc(Cc4ccccc4OC)nc(N4CCOCC4)c3C2)c1. The maximum Gasteiger partial charge on any atom is 0.254 e. The molecule has 1 saturated heterocycles. The van der Waals surface area contributed by atoms with E-state index in [1.54, 1.807) is 39.5 Å². The molecular weight excluding hydrogens is 472 g/mol. The topological polar surface area (TPSA) is 86.2 Å². The number of nitrogens with zero attached hydrogens (tertiary/aromatic N) is 4. The normalized spacial score (nSPS) is 15.2. The second-order valence-electron chi connectivity index (χ2n) is 9.05. The highest BCUT2D eigenvalue weighted by molar-refractivity contribution is 5.95. The highest BCUT2D eigenvalue weighted by atomic mass is 16.5. The Morgan fingerprint density at radius 2 is 1.68 bits per heavy atom. The number of benzene rings is 2. The van der Waals surface area contributed by atoms with Gasteiger partial charge in [-0.3, -0.25) is 4.79 Å². The van der Waals surface area contributed by atoms with Crippen molar-refractivity contribution in [1.29, 1.82) is 0 Å². The summed E-state index contributed by atoms with van der Waals surface area (Å²) in [5.74, 6) is 3.55. The molecule has 0 N–H and O–H groups in total. The molecule has 37 heavy (non-hydrogen) atoms. The first kappa shape index (κ1) is 24.8. The standard InChI is InChI=1S/C28H32N4O5/c1-34-21-14-20(15-22(17-21)35-2)28(33)32-9-8-24-23(18-32)27(31-10-12-37-13-11-31)30-26(29-24)16-19-6-4-5-7-25(19)36-3/h4-7,14-15,17H,8-13,16,18H2,1-3H3. The third-order valence-electron chi connectivity index (χ3n) is 6.82. The number of ether oxygens (including phenoxy) is 4. The number of aromatic nitrogens is 2. The van der Waals surface area contributed by atoms with Crippen LogP contribution < -0.4 is 19.1 Å². The largest absolute Gasteiger partial charge is 0.497 e. The number of methoxy groups -OCH3 is 3. The fraction of sp³-hybridized carbons (Fsp3) is 0.393. The second-order valence-corrected chi connectivity index (χ2v) is 9.05. The zero-order valence-corrected chi connectivity index (χ0v) is 21.5. The molecular formula is C28H32N4O5. The number of morpholine rings is 1. The number of hydrogen-bond donors (Lipinski definition) is 0. The molecule has 1 amide bonds. The Balaban J connectivity index is 1.47. The summed E-state index contributed by atoms with van der Waals surface area (Å²) in [6.45, 7) is 3.80. The molecule has 0 radical (unpaired) electrons. The fourth-order valence-corrected chi connectivity index (χ4v) is 4.87. The minimum absolute atomic E-state index is 0.0751. The summed E-state index contributed by atoms with van der Waals surface area (Å²) in [6, 6.07) is 13.2. The van der Waals surface area contributed by atoms with E-state index in [4.69, 9.17) is 28.9 Å². The van der Waals surface area contributed by atoms with Gasteiger partial charge in [0.05, 0.1) is 46.8 Å². The Hall–Kier alpha value is -3.85. The van der Waals surface area contributed by atoms with Crippen LogP contribution >= 0.6 is 0 Å². The monoisotopic (exact) mass is 504 g/mol. The van der Waals surface area contributed by atoms with Gasteiger partial charge in [0.2, 0.25) is 0 Å². The van der Waals surface area contributed by atoms with E-state index in [1.165, 1.54) is 0 Å². The van der Waals surface area contributed by atoms with Crippen molar-refractivity contribution in [3.8, 4) is 17.2 Å². The predicted octanol–water partition coefficient (Wildman–Crippen LogP) is 3.13. The van der Waals surface area contributed by atoms with Gasteiger partial charge in [-0.05, 0) is 18.2 Å². The van der Waals surface area contributed by atoms with Gasteiger partial charge in [0.1, 0.15) is 28.9 Å². The van der Waals surface area contributed by atoms with Crippen molar-refractivity contribution in [2.75, 3.05) is 59.1 Å². The number of anilines is 1. The van der Waals surface area contributed by atoms with E-state index in [0.717, 1.165) is 47.3 Å². The van der Waals surface area contributed by atoms with Crippen molar-refractivity contribution < 1.29 is 23.7 Å². The smallest absolute Gasteiger partial charge is 0.254 e. The highest BCUT2D eigenvalue weighted by Gasteiger charge is 2.29. The molecule has 194 valence electrons. The number of carbonyl (C=O) groups excluding carboxylic acids is 1. The fourth-order valence-electron chi connectivity index (χ4n) is 4.87. The molecule has 0 aliphatic carbocycles. The van der Waals surface area contributed by atoms with Crippen molar-refractivity contribution in [2.24, 2.45) is 0 Å². The van der Waals surface area contributed by atoms with Crippen LogP contribution in [-0.2, 0) is 24.1 Å². The Morgan fingerprint density at radius 1 is 0.946 bits per heavy atom. The molecule has 5 rings (SSSR count). The van der Waals surface area contributed by atoms with Crippen LogP contribution in [-0.4, -0.2) is 75.0 Å². The molecule has 1 fully saturated rings. The highest BCUT2D eigenvalue weighted by Crippen LogP contribution is 2.31. The number of amides is 1. The molecule has 9 heteroatoms. The molecule has 0 atom stereocenters. The average Bonchev–Trinajstić information content (AvgIpc) is 2.96. The van der Waals surface area contributed by atoms with Gasteiger partial charge in [0.15, 0.2) is 0 Å². The molecule has 0 spiro atoms. The maximum atomic E-state index is 13.5. The van der Waals surface area contributed by atoms with Crippen LogP contribution in [0, 0.1) is 0 Å². The minimum atomic E-state index is -0.0751. The van der Waals surface area contributed by atoms with Gasteiger partial charge in [-0.2, -0.15) is 0 Å². The number of rotatable bonds is 7. The molecule has 3 aromatic rings. The van der Waals surface area contributed by atoms with E-state index in [2.05, 4.69) is 4.90 Å². The average molecular weight is 505 g/mol. The molecule has 0 saturated carbocycles. The van der Waals surface area contributed by atoms with Crippen molar-refractivity contribution in [3.05, 3.63) is 70.7 Å². The van der Waals surface area contributed by atoms with Gasteiger partial charge in [-0.1, -0.05) is 18.2 Å². The second kappa shape index (κ2) is 11.0. The number of carbonyl (C=O) groups is 1. The van der Waals surface area contributed by atoms with Crippen LogP contribution in [0.5, 0.6) is 17.2 Å². The number of hydrogen-bond acceptors (Lipinski definition) is 8. The minimum Gasteiger partial charge on any atom is -0.497 e. The van der Waals surface area contributed by atoms with Crippen molar-refractivity contribution in [1.82, 2.24) is 14.9 Å². The van der Waals surface area contributed by atoms with E-state index >= 15 is 0 Å². The van der Waals surface area contributed by atoms with Crippen molar-refractivity contribution in [2.45, 2.75) is 19.4 Å². The maximum absolute atomic E-state index is 13.5. The van der Waals surface area contributed by atoms with Gasteiger partial charge in [-0.25, -0.2) is 9.97 Å². The Bertz CT molecular complexity index is 1250. The van der Waals surface area contributed by atoms with Crippen LogP contribution in [0.4, 0.5) is 5.82 Å². The molecule has 2 aromatic carbocycles. The Labute approximate surface area is 216 Å². The van der Waals surface area contributed by atoms with E-state index in [9.17, 15) is 4.79 Å². The van der Waals surface area contributed by atoms with Gasteiger partial charge in [0.25, 0.3) is 5.91 Å². The lowest BCUT2D eigenvalue weighted by atomic mass is 10.0. The molecule has 0 bridgehead atoms. The molecule has 2 aliphatic heterocycles. The van der Waals surface area contributed by atoms with Crippen molar-refractivity contribution >= 4 is 11.7 Å². The summed E-state index contributed by atoms with van der Waals surface area (Å²) in [5.41, 5.74) is 3.56. The van der Waals surface area contributed by atoms with Gasteiger partial charge >= 0.3 is 0 Å². The lowest BCUT2D eigenvalue weighted by Gasteiger charge is -2.34. The summed E-state index contributed by atoms with van der Waals surface area (Å²) >= 11 is 0. The van der Waals surface area contributed by atoms with Crippen LogP contribution in [0.15, 0.2) is 42.5 Å². The Kier molecular flexibility index (Phi) is 7.41. The van der Waals surface area contributed by atoms with E-state index in [0.29, 0.717) is 56.2 Å². The van der Waals surface area contributed by atoms with Crippen LogP contribution in [0.3, 0.4) is 0 Å². The summed E-state index contributed by atoms with van der Waals surface area (Å²) in [6.07, 6.45) is 1.22. The molecule has 2 aliphatic rings. The first-order valence-corrected chi connectivity index (χ1v) is 12.4. The van der Waals surface area contributed by atoms with Crippen LogP contribution in [0.1, 0.15) is 33.0 Å². The Morgan fingerprint density at radius 3 is 2.38 bits per heavy atom. The lowest BCUT2D eigenvalue weighted by molar-refractivity contribution is 0.0732. The van der Waals surface area contributed by atoms with Gasteiger partial charge in [-0.15, -0.1) is 0 Å². The van der Waals surface area contributed by atoms with E-state index in [-0.39, 0.29) is 5.91 Å². The number of para-hydroxylation sites is 1. The molecule has 9 nitrogen and oxygen atoms in total. The third-order valence-corrected chi connectivity index (χ3v) is 6.82. The van der Waals surface area contributed by atoms with E-state index in [1.807, 2.05) is 29.2 Å². The first-order chi connectivity index (χ1) is 18.1. The molecule has 0 unspecified atom stereocenters. The molecule has 3 heterocycles.